The third-order valence-electron chi connectivity index (χ3n) is 4.87. The number of nitrogens with zero attached hydrogens (tertiary/aromatic N) is 2. The summed E-state index contributed by atoms with van der Waals surface area (Å²) in [5.74, 6) is 0.328. The first kappa shape index (κ1) is 22.4. The highest BCUT2D eigenvalue weighted by Crippen LogP contribution is 2.29. The number of ether oxygens (including phenoxy) is 1. The first-order valence-electron chi connectivity index (χ1n) is 9.46. The summed E-state index contributed by atoms with van der Waals surface area (Å²) in [6, 6.07) is 14.8. The molecule has 1 aliphatic rings. The van der Waals surface area contributed by atoms with Gasteiger partial charge >= 0.3 is 0 Å². The molecule has 0 saturated carbocycles. The summed E-state index contributed by atoms with van der Waals surface area (Å²) in [6.45, 7) is 5.30. The first-order chi connectivity index (χ1) is 14.3. The van der Waals surface area contributed by atoms with Crippen LogP contribution in [0.4, 0.5) is 0 Å². The minimum atomic E-state index is -0.255. The van der Waals surface area contributed by atoms with Gasteiger partial charge in [-0.3, -0.25) is 4.79 Å². The van der Waals surface area contributed by atoms with E-state index in [4.69, 9.17) is 40.2 Å². The van der Waals surface area contributed by atoms with Crippen molar-refractivity contribution in [3.05, 3.63) is 76.4 Å². The van der Waals surface area contributed by atoms with Crippen LogP contribution >= 0.6 is 35.4 Å². The van der Waals surface area contributed by atoms with Gasteiger partial charge in [0.15, 0.2) is 11.7 Å². The van der Waals surface area contributed by atoms with E-state index in [1.54, 1.807) is 24.3 Å². The average molecular weight is 464 g/mol. The number of nitrogens with one attached hydrogen (secondary N) is 1. The summed E-state index contributed by atoms with van der Waals surface area (Å²) in [6.07, 6.45) is 0.591. The van der Waals surface area contributed by atoms with E-state index in [9.17, 15) is 4.79 Å². The van der Waals surface area contributed by atoms with Crippen LogP contribution in [0.15, 0.2) is 60.8 Å². The van der Waals surface area contributed by atoms with Gasteiger partial charge in [-0.1, -0.05) is 41.9 Å². The van der Waals surface area contributed by atoms with Crippen LogP contribution in [0.25, 0.3) is 0 Å². The SMILES string of the molecule is C=C(CCN1CC(c2ccc(Cl)cc2)N(C)C1=S)NC(=O)COc1ccc(Cl)cc1. The van der Waals surface area contributed by atoms with Crippen LogP contribution < -0.4 is 10.1 Å². The molecule has 1 amide bonds. The van der Waals surface area contributed by atoms with Crippen LogP contribution in [0.1, 0.15) is 18.0 Å². The molecule has 158 valence electrons. The highest BCUT2D eigenvalue weighted by atomic mass is 35.5. The lowest BCUT2D eigenvalue weighted by molar-refractivity contribution is -0.122. The summed E-state index contributed by atoms with van der Waals surface area (Å²) in [4.78, 5) is 16.3. The molecule has 0 radical (unpaired) electrons. The van der Waals surface area contributed by atoms with Gasteiger partial charge in [0, 0.05) is 42.3 Å². The van der Waals surface area contributed by atoms with Gasteiger partial charge < -0.3 is 19.9 Å². The average Bonchev–Trinajstić information content (AvgIpc) is 3.01. The van der Waals surface area contributed by atoms with Crippen molar-refractivity contribution in [1.82, 2.24) is 15.1 Å². The standard InChI is InChI=1S/C22H23Cl2N3O2S/c1-15(25-21(28)14-29-19-9-7-18(24)8-10-19)11-12-27-13-20(26(2)22(27)30)16-3-5-17(23)6-4-16/h3-10,20H,1,11-14H2,2H3,(H,25,28). The molecule has 5 nitrogen and oxygen atoms in total. The van der Waals surface area contributed by atoms with E-state index in [1.807, 2.05) is 31.3 Å². The van der Waals surface area contributed by atoms with E-state index in [0.717, 1.165) is 11.7 Å². The maximum Gasteiger partial charge on any atom is 0.262 e. The van der Waals surface area contributed by atoms with E-state index < -0.39 is 0 Å². The van der Waals surface area contributed by atoms with Crippen molar-refractivity contribution in [1.29, 1.82) is 0 Å². The molecule has 1 fully saturated rings. The van der Waals surface area contributed by atoms with Gasteiger partial charge in [-0.2, -0.15) is 0 Å². The lowest BCUT2D eigenvalue weighted by Gasteiger charge is -2.20. The molecular formula is C22H23Cl2N3O2S. The lowest BCUT2D eigenvalue weighted by atomic mass is 10.1. The maximum atomic E-state index is 12.1. The summed E-state index contributed by atoms with van der Waals surface area (Å²) >= 11 is 17.4. The Morgan fingerprint density at radius 3 is 2.40 bits per heavy atom. The second-order valence-electron chi connectivity index (χ2n) is 7.05. The molecule has 1 unspecified atom stereocenters. The number of hydrogen-bond donors (Lipinski definition) is 1. The van der Waals surface area contributed by atoms with E-state index in [-0.39, 0.29) is 18.6 Å². The van der Waals surface area contributed by atoms with Crippen molar-refractivity contribution < 1.29 is 9.53 Å². The molecule has 0 aromatic heterocycles. The van der Waals surface area contributed by atoms with E-state index in [1.165, 1.54) is 5.56 Å². The molecule has 3 rings (SSSR count). The van der Waals surface area contributed by atoms with Crippen LogP contribution in [0.2, 0.25) is 10.0 Å². The number of amides is 1. The fraction of sp³-hybridized carbons (Fsp3) is 0.273. The summed E-state index contributed by atoms with van der Waals surface area (Å²) in [5, 5.41) is 4.88. The number of rotatable bonds is 8. The molecule has 2 aromatic rings. The Morgan fingerprint density at radius 1 is 1.17 bits per heavy atom. The zero-order valence-corrected chi connectivity index (χ0v) is 18.9. The minimum Gasteiger partial charge on any atom is -0.484 e. The van der Waals surface area contributed by atoms with E-state index in [0.29, 0.717) is 34.5 Å². The van der Waals surface area contributed by atoms with E-state index in [2.05, 4.69) is 21.7 Å². The Kier molecular flexibility index (Phi) is 7.58. The van der Waals surface area contributed by atoms with Crippen LogP contribution in [-0.2, 0) is 4.79 Å². The predicted octanol–water partition coefficient (Wildman–Crippen LogP) is 4.67. The molecule has 0 bridgehead atoms. The lowest BCUT2D eigenvalue weighted by Crippen LogP contribution is -2.33. The third-order valence-corrected chi connectivity index (χ3v) is 5.92. The summed E-state index contributed by atoms with van der Waals surface area (Å²) in [7, 11) is 1.99. The topological polar surface area (TPSA) is 44.8 Å². The van der Waals surface area contributed by atoms with Crippen molar-refractivity contribution in [2.24, 2.45) is 0 Å². The van der Waals surface area contributed by atoms with Crippen molar-refractivity contribution in [2.45, 2.75) is 12.5 Å². The number of likely N-dealkylation sites (N-methyl/N-ethyl adjacent to an activating group) is 1. The number of carbonyl (C=O) groups excluding carboxylic acids is 1. The molecular weight excluding hydrogens is 441 g/mol. The predicted molar refractivity (Wildman–Crippen MR) is 125 cm³/mol. The summed E-state index contributed by atoms with van der Waals surface area (Å²) in [5.41, 5.74) is 1.79. The number of hydrogen-bond acceptors (Lipinski definition) is 3. The molecule has 1 N–H and O–H groups in total. The van der Waals surface area contributed by atoms with Gasteiger partial charge in [0.05, 0.1) is 6.04 Å². The van der Waals surface area contributed by atoms with Gasteiger partial charge in [-0.05, 0) is 54.2 Å². The monoisotopic (exact) mass is 463 g/mol. The second kappa shape index (κ2) is 10.2. The number of thiocarbonyl (C=S) groups is 1. The quantitative estimate of drug-likeness (QED) is 0.576. The molecule has 2 aromatic carbocycles. The molecule has 1 saturated heterocycles. The fourth-order valence-corrected chi connectivity index (χ4v) is 3.76. The molecule has 8 heteroatoms. The molecule has 1 heterocycles. The fourth-order valence-electron chi connectivity index (χ4n) is 3.21. The molecule has 0 spiro atoms. The van der Waals surface area contributed by atoms with Crippen LogP contribution in [0.5, 0.6) is 5.75 Å². The summed E-state index contributed by atoms with van der Waals surface area (Å²) < 4.78 is 5.45. The smallest absolute Gasteiger partial charge is 0.262 e. The Labute approximate surface area is 192 Å². The van der Waals surface area contributed by atoms with Gasteiger partial charge in [0.2, 0.25) is 0 Å². The Morgan fingerprint density at radius 2 is 1.77 bits per heavy atom. The molecule has 30 heavy (non-hydrogen) atoms. The van der Waals surface area contributed by atoms with Crippen LogP contribution in [0, 0.1) is 0 Å². The molecule has 1 aliphatic heterocycles. The zero-order valence-electron chi connectivity index (χ0n) is 16.6. The first-order valence-corrected chi connectivity index (χ1v) is 10.6. The van der Waals surface area contributed by atoms with Crippen LogP contribution in [0.3, 0.4) is 0 Å². The maximum absolute atomic E-state index is 12.1. The number of carbonyl (C=O) groups is 1. The van der Waals surface area contributed by atoms with Gasteiger partial charge in [-0.15, -0.1) is 0 Å². The molecule has 0 aliphatic carbocycles. The van der Waals surface area contributed by atoms with Crippen molar-refractivity contribution in [2.75, 3.05) is 26.7 Å². The van der Waals surface area contributed by atoms with E-state index >= 15 is 0 Å². The number of benzene rings is 2. The Bertz CT molecular complexity index is 919. The zero-order chi connectivity index (χ0) is 21.7. The van der Waals surface area contributed by atoms with Crippen molar-refractivity contribution in [3.8, 4) is 5.75 Å². The van der Waals surface area contributed by atoms with Crippen molar-refractivity contribution >= 4 is 46.4 Å². The second-order valence-corrected chi connectivity index (χ2v) is 8.29. The van der Waals surface area contributed by atoms with Gasteiger partial charge in [-0.25, -0.2) is 0 Å². The highest BCUT2D eigenvalue weighted by molar-refractivity contribution is 7.80. The number of halogens is 2. The molecule has 1 atom stereocenters. The normalized spacial score (nSPS) is 16.0. The van der Waals surface area contributed by atoms with Gasteiger partial charge in [0.1, 0.15) is 5.75 Å². The third kappa shape index (κ3) is 5.88. The van der Waals surface area contributed by atoms with Gasteiger partial charge in [0.25, 0.3) is 5.91 Å². The largest absolute Gasteiger partial charge is 0.484 e. The minimum absolute atomic E-state index is 0.0931. The Balaban J connectivity index is 1.44. The van der Waals surface area contributed by atoms with Crippen LogP contribution in [-0.4, -0.2) is 47.6 Å². The highest BCUT2D eigenvalue weighted by Gasteiger charge is 2.32. The Hall–Kier alpha value is -2.28. The van der Waals surface area contributed by atoms with Crippen molar-refractivity contribution in [3.63, 3.8) is 0 Å².